The fraction of sp³-hybridized carbons (Fsp3) is 0.722. The number of carbonyl (C=O) groups is 5. The maximum absolute atomic E-state index is 12.0. The number of nitrogens with one attached hydrogen (secondary N) is 2. The van der Waals surface area contributed by atoms with E-state index < -0.39 is 17.8 Å². The summed E-state index contributed by atoms with van der Waals surface area (Å²) in [5, 5.41) is 5.74. The zero-order valence-electron chi connectivity index (χ0n) is 16.2. The van der Waals surface area contributed by atoms with Crippen LogP contribution in [-0.2, 0) is 28.8 Å². The van der Waals surface area contributed by atoms with Crippen LogP contribution < -0.4 is 10.6 Å². The Morgan fingerprint density at radius 2 is 1.68 bits per heavy atom. The summed E-state index contributed by atoms with van der Waals surface area (Å²) in [4.78, 5) is 64.9. The van der Waals surface area contributed by atoms with Crippen molar-refractivity contribution in [3.8, 4) is 0 Å². The third kappa shape index (κ3) is 6.59. The van der Waals surface area contributed by atoms with Crippen LogP contribution in [0.5, 0.6) is 0 Å². The summed E-state index contributed by atoms with van der Waals surface area (Å²) >= 11 is 0. The van der Waals surface area contributed by atoms with Crippen LogP contribution in [-0.4, -0.2) is 71.8 Å². The Kier molecular flexibility index (Phi) is 8.37. The van der Waals surface area contributed by atoms with E-state index in [2.05, 4.69) is 22.5 Å². The molecule has 0 spiro atoms. The molecule has 2 saturated heterocycles. The summed E-state index contributed by atoms with van der Waals surface area (Å²) in [7, 11) is 0. The summed E-state index contributed by atoms with van der Waals surface area (Å²) in [5.74, 6) is -2.27. The van der Waals surface area contributed by atoms with Crippen LogP contribution >= 0.6 is 0 Å². The molecule has 2 N–H and O–H groups in total. The molecule has 10 nitrogen and oxygen atoms in total. The molecule has 4 amide bonds. The normalized spacial score (nSPS) is 19.8. The number of hydroxylamine groups is 2. The van der Waals surface area contributed by atoms with Gasteiger partial charge in [0, 0.05) is 38.4 Å². The Morgan fingerprint density at radius 1 is 1.04 bits per heavy atom. The maximum Gasteiger partial charge on any atom is 0.334 e. The minimum atomic E-state index is -0.770. The average molecular weight is 404 g/mol. The second-order valence-electron chi connectivity index (χ2n) is 6.92. The smallest absolute Gasteiger partial charge is 0.334 e. The highest BCUT2D eigenvalue weighted by molar-refractivity contribution is 6.01. The van der Waals surface area contributed by atoms with E-state index in [0.717, 1.165) is 25.8 Å². The van der Waals surface area contributed by atoms with Crippen molar-refractivity contribution in [2.24, 2.45) is 0 Å². The van der Waals surface area contributed by atoms with Crippen LogP contribution in [0.4, 0.5) is 0 Å². The Labute approximate surface area is 163 Å². The molecule has 0 saturated carbocycles. The summed E-state index contributed by atoms with van der Waals surface area (Å²) in [6.07, 6.45) is 3.25. The number of carbonyl (C=O) groups excluding carboxylic acids is 5. The van der Waals surface area contributed by atoms with Gasteiger partial charge in [0.1, 0.15) is 0 Å². The lowest BCUT2D eigenvalue weighted by Crippen LogP contribution is -2.40. The van der Waals surface area contributed by atoms with Gasteiger partial charge in [0.05, 0.1) is 13.0 Å². The molecule has 2 rings (SSSR count). The molecule has 28 heavy (non-hydrogen) atoms. The molecule has 0 aromatic rings. The van der Waals surface area contributed by atoms with Crippen molar-refractivity contribution < 1.29 is 28.8 Å². The van der Waals surface area contributed by atoms with Gasteiger partial charge >= 0.3 is 5.97 Å². The highest BCUT2D eigenvalue weighted by Crippen LogP contribution is 2.18. The van der Waals surface area contributed by atoms with Gasteiger partial charge in [-0.3, -0.25) is 24.1 Å². The van der Waals surface area contributed by atoms with Crippen molar-refractivity contribution in [2.45, 2.75) is 57.9 Å². The first kappa shape index (κ1) is 21.8. The number of nitrogens with zero attached hydrogens (tertiary/aromatic N) is 2. The lowest BCUT2D eigenvalue weighted by molar-refractivity contribution is -0.197. The Morgan fingerprint density at radius 3 is 2.36 bits per heavy atom. The van der Waals surface area contributed by atoms with Crippen LogP contribution in [0.3, 0.4) is 0 Å². The van der Waals surface area contributed by atoms with Gasteiger partial charge in [0.15, 0.2) is 0 Å². The van der Waals surface area contributed by atoms with Crippen LogP contribution in [0, 0.1) is 0 Å². The Bertz CT molecular complexity index is 607. The number of rotatable bonds is 10. The second-order valence-corrected chi connectivity index (χ2v) is 6.92. The minimum Gasteiger partial charge on any atom is -0.355 e. The molecule has 0 aromatic heterocycles. The van der Waals surface area contributed by atoms with E-state index in [-0.39, 0.29) is 50.6 Å². The molecule has 0 radical (unpaired) electrons. The molecule has 10 heteroatoms. The molecular formula is C18H28N4O6. The number of likely N-dealkylation sites (tertiary alicyclic amines) is 1. The topological polar surface area (TPSA) is 125 Å². The lowest BCUT2D eigenvalue weighted by Gasteiger charge is -2.22. The van der Waals surface area contributed by atoms with Crippen molar-refractivity contribution in [2.75, 3.05) is 26.2 Å². The molecule has 156 valence electrons. The van der Waals surface area contributed by atoms with Gasteiger partial charge < -0.3 is 15.5 Å². The number of hydrogen-bond acceptors (Lipinski definition) is 7. The van der Waals surface area contributed by atoms with Crippen LogP contribution in [0.15, 0.2) is 0 Å². The Balaban J connectivity index is 1.54. The van der Waals surface area contributed by atoms with E-state index in [9.17, 15) is 24.0 Å². The van der Waals surface area contributed by atoms with Crippen molar-refractivity contribution in [1.82, 2.24) is 20.6 Å². The third-order valence-electron chi connectivity index (χ3n) is 4.84. The fourth-order valence-corrected chi connectivity index (χ4v) is 3.32. The largest absolute Gasteiger partial charge is 0.355 e. The van der Waals surface area contributed by atoms with Gasteiger partial charge in [-0.15, -0.1) is 5.06 Å². The van der Waals surface area contributed by atoms with Gasteiger partial charge in [-0.2, -0.15) is 0 Å². The molecule has 2 heterocycles. The van der Waals surface area contributed by atoms with Gasteiger partial charge in [0.25, 0.3) is 11.8 Å². The lowest BCUT2D eigenvalue weighted by atomic mass is 10.2. The number of amides is 4. The first-order valence-corrected chi connectivity index (χ1v) is 9.74. The van der Waals surface area contributed by atoms with Crippen molar-refractivity contribution in [3.05, 3.63) is 0 Å². The van der Waals surface area contributed by atoms with E-state index in [1.807, 2.05) is 0 Å². The maximum atomic E-state index is 12.0. The second kappa shape index (κ2) is 10.7. The van der Waals surface area contributed by atoms with Crippen molar-refractivity contribution in [1.29, 1.82) is 0 Å². The van der Waals surface area contributed by atoms with Crippen LogP contribution in [0.25, 0.3) is 0 Å². The molecule has 0 bridgehead atoms. The van der Waals surface area contributed by atoms with E-state index >= 15 is 0 Å². The Hall–Kier alpha value is -2.49. The minimum absolute atomic E-state index is 0.0216. The number of hydrogen-bond donors (Lipinski definition) is 2. The van der Waals surface area contributed by atoms with Crippen molar-refractivity contribution >= 4 is 29.6 Å². The predicted octanol–water partition coefficient (Wildman–Crippen LogP) is -0.519. The molecule has 0 aliphatic carbocycles. The summed E-state index contributed by atoms with van der Waals surface area (Å²) in [5.41, 5.74) is 0. The van der Waals surface area contributed by atoms with E-state index in [0.29, 0.717) is 17.6 Å². The molecule has 1 unspecified atom stereocenters. The molecular weight excluding hydrogens is 376 g/mol. The standard InChI is InChI=1S/C18H28N4O6/c1-2-13-4-3-11-21(13)12-15(24)20-9-7-14(23)19-10-8-18(27)28-22-16(25)5-6-17(22)26/h13H,2-12H2,1H3,(H,19,23)(H,20,24)/i8+1,10+1,12+1,14+1,15+1,18+1,19+1,20+1. The summed E-state index contributed by atoms with van der Waals surface area (Å²) in [6, 6.07) is 0.458. The predicted molar refractivity (Wildman–Crippen MR) is 97.3 cm³/mol. The van der Waals surface area contributed by atoms with E-state index in [1.165, 1.54) is 0 Å². The molecule has 2 fully saturated rings. The molecule has 2 aliphatic rings. The highest BCUT2D eigenvalue weighted by atomic mass is 16.8. The molecule has 2 aliphatic heterocycles. The first-order valence-electron chi connectivity index (χ1n) is 9.74. The van der Waals surface area contributed by atoms with Gasteiger partial charge in [-0.05, 0) is 25.8 Å². The van der Waals surface area contributed by atoms with Crippen LogP contribution in [0.2, 0.25) is 0 Å². The SMILES string of the molecule is CCC1CCCN1[13CH2][13C](=O)[15NH]CC[13C](=O)[15NH][13CH2][13CH2][13C](=O)ON1C(=O)CCC1=O. The highest BCUT2D eigenvalue weighted by Gasteiger charge is 2.32. The number of imide groups is 1. The zero-order chi connectivity index (χ0) is 20.5. The van der Waals surface area contributed by atoms with Crippen LogP contribution in [0.1, 0.15) is 51.9 Å². The molecule has 1 atom stereocenters. The summed E-state index contributed by atoms with van der Waals surface area (Å²) < 4.78 is 0. The fourth-order valence-electron chi connectivity index (χ4n) is 3.32. The van der Waals surface area contributed by atoms with Crippen molar-refractivity contribution in [3.63, 3.8) is 0 Å². The van der Waals surface area contributed by atoms with E-state index in [4.69, 9.17) is 4.84 Å². The third-order valence-corrected chi connectivity index (χ3v) is 4.84. The van der Waals surface area contributed by atoms with Gasteiger partial charge in [-0.1, -0.05) is 6.92 Å². The zero-order valence-corrected chi connectivity index (χ0v) is 16.2. The first-order chi connectivity index (χ1) is 13.4. The monoisotopic (exact) mass is 404 g/mol. The summed E-state index contributed by atoms with van der Waals surface area (Å²) in [6.45, 7) is 3.63. The van der Waals surface area contributed by atoms with Gasteiger partial charge in [0.2, 0.25) is 11.8 Å². The molecule has 0 aromatic carbocycles. The average Bonchev–Trinajstić information content (AvgIpc) is 3.22. The van der Waals surface area contributed by atoms with Gasteiger partial charge in [-0.25, -0.2) is 4.79 Å². The van der Waals surface area contributed by atoms with E-state index in [1.54, 1.807) is 0 Å². The quantitative estimate of drug-likeness (QED) is 0.285.